The first-order chi connectivity index (χ1) is 9.74. The molecule has 0 aliphatic heterocycles. The summed E-state index contributed by atoms with van der Waals surface area (Å²) in [4.78, 5) is 13.3. The Kier molecular flexibility index (Phi) is 6.02. The molecular weight excluding hydrogens is 287 g/mol. The number of nitrogens with zero attached hydrogens (tertiary/aromatic N) is 1. The van der Waals surface area contributed by atoms with Gasteiger partial charge in [0.1, 0.15) is 5.75 Å². The van der Waals surface area contributed by atoms with Crippen LogP contribution < -0.4 is 4.74 Å². The van der Waals surface area contributed by atoms with Crippen LogP contribution in [0, 0.1) is 0 Å². The van der Waals surface area contributed by atoms with Gasteiger partial charge < -0.3 is 14.4 Å². The van der Waals surface area contributed by atoms with Crippen molar-refractivity contribution in [3.8, 4) is 5.75 Å². The molecule has 0 aliphatic rings. The Morgan fingerprint density at radius 2 is 1.90 bits per heavy atom. The van der Waals surface area contributed by atoms with Gasteiger partial charge >= 0.3 is 12.3 Å². The van der Waals surface area contributed by atoms with Crippen LogP contribution in [0.15, 0.2) is 24.3 Å². The van der Waals surface area contributed by atoms with Crippen LogP contribution in [0.2, 0.25) is 0 Å². The minimum atomic E-state index is -4.78. The SMILES string of the molecule is CCOC(=O)CC(c1ccccc1OC(F)(F)F)N(C)C. The Balaban J connectivity index is 3.05. The standard InChI is InChI=1S/C14H18F3NO3/c1-4-20-13(19)9-11(18(2)3)10-7-5-6-8-12(10)21-14(15,16)17/h5-8,11H,4,9H2,1-3H3. The maximum absolute atomic E-state index is 12.4. The zero-order chi connectivity index (χ0) is 16.0. The number of halogens is 3. The topological polar surface area (TPSA) is 38.8 Å². The monoisotopic (exact) mass is 305 g/mol. The van der Waals surface area contributed by atoms with Gasteiger partial charge in [0.2, 0.25) is 0 Å². The first kappa shape index (κ1) is 17.3. The van der Waals surface area contributed by atoms with E-state index in [1.807, 2.05) is 0 Å². The van der Waals surface area contributed by atoms with E-state index >= 15 is 0 Å². The highest BCUT2D eigenvalue weighted by molar-refractivity contribution is 5.70. The van der Waals surface area contributed by atoms with Gasteiger partial charge in [-0.25, -0.2) is 0 Å². The molecule has 21 heavy (non-hydrogen) atoms. The minimum Gasteiger partial charge on any atom is -0.466 e. The molecule has 0 radical (unpaired) electrons. The van der Waals surface area contributed by atoms with Crippen molar-refractivity contribution in [1.29, 1.82) is 0 Å². The number of carbonyl (C=O) groups is 1. The smallest absolute Gasteiger partial charge is 0.466 e. The molecular formula is C14H18F3NO3. The largest absolute Gasteiger partial charge is 0.573 e. The fourth-order valence-corrected chi connectivity index (χ4v) is 1.92. The molecule has 0 saturated heterocycles. The lowest BCUT2D eigenvalue weighted by Gasteiger charge is -2.26. The van der Waals surface area contributed by atoms with E-state index in [-0.39, 0.29) is 24.3 Å². The van der Waals surface area contributed by atoms with Gasteiger partial charge in [-0.05, 0) is 27.1 Å². The molecule has 0 fully saturated rings. The van der Waals surface area contributed by atoms with Crippen molar-refractivity contribution in [3.05, 3.63) is 29.8 Å². The summed E-state index contributed by atoms with van der Waals surface area (Å²) < 4.78 is 46.2. The Hall–Kier alpha value is -1.76. The summed E-state index contributed by atoms with van der Waals surface area (Å²) in [5.74, 6) is -0.786. The summed E-state index contributed by atoms with van der Waals surface area (Å²) in [7, 11) is 3.35. The van der Waals surface area contributed by atoms with Crippen LogP contribution in [-0.2, 0) is 9.53 Å². The fourth-order valence-electron chi connectivity index (χ4n) is 1.92. The van der Waals surface area contributed by atoms with Crippen molar-refractivity contribution in [3.63, 3.8) is 0 Å². The molecule has 0 heterocycles. The number of para-hydroxylation sites is 1. The number of benzene rings is 1. The molecule has 0 N–H and O–H groups in total. The predicted octanol–water partition coefficient (Wildman–Crippen LogP) is 3.14. The molecule has 1 unspecified atom stereocenters. The summed E-state index contributed by atoms with van der Waals surface area (Å²) in [6, 6.07) is 5.21. The average molecular weight is 305 g/mol. The quantitative estimate of drug-likeness (QED) is 0.757. The molecule has 1 aromatic carbocycles. The Bertz CT molecular complexity index is 475. The second kappa shape index (κ2) is 7.31. The van der Waals surface area contributed by atoms with Gasteiger partial charge in [-0.15, -0.1) is 13.2 Å². The maximum Gasteiger partial charge on any atom is 0.573 e. The number of ether oxygens (including phenoxy) is 2. The Morgan fingerprint density at radius 3 is 2.43 bits per heavy atom. The summed E-state index contributed by atoms with van der Waals surface area (Å²) in [5, 5.41) is 0. The molecule has 1 atom stereocenters. The third-order valence-corrected chi connectivity index (χ3v) is 2.79. The molecule has 0 aromatic heterocycles. The van der Waals surface area contributed by atoms with Gasteiger partial charge in [0.05, 0.1) is 13.0 Å². The first-order valence-corrected chi connectivity index (χ1v) is 6.41. The number of carbonyl (C=O) groups excluding carboxylic acids is 1. The fraction of sp³-hybridized carbons (Fsp3) is 0.500. The van der Waals surface area contributed by atoms with Crippen molar-refractivity contribution in [2.24, 2.45) is 0 Å². The first-order valence-electron chi connectivity index (χ1n) is 6.41. The highest BCUT2D eigenvalue weighted by Gasteiger charge is 2.33. The Labute approximate surface area is 121 Å². The highest BCUT2D eigenvalue weighted by Crippen LogP contribution is 2.34. The van der Waals surface area contributed by atoms with Gasteiger partial charge in [-0.1, -0.05) is 18.2 Å². The second-order valence-electron chi connectivity index (χ2n) is 4.57. The van der Waals surface area contributed by atoms with Crippen LogP contribution in [0.3, 0.4) is 0 Å². The summed E-state index contributed by atoms with van der Waals surface area (Å²) in [6.45, 7) is 1.89. The number of esters is 1. The minimum absolute atomic E-state index is 0.0565. The summed E-state index contributed by atoms with van der Waals surface area (Å²) in [5.41, 5.74) is 0.285. The van der Waals surface area contributed by atoms with Crippen molar-refractivity contribution >= 4 is 5.97 Å². The van der Waals surface area contributed by atoms with Crippen molar-refractivity contribution in [2.45, 2.75) is 25.7 Å². The van der Waals surface area contributed by atoms with Crippen molar-refractivity contribution < 1.29 is 27.4 Å². The van der Waals surface area contributed by atoms with E-state index in [1.54, 1.807) is 32.0 Å². The Morgan fingerprint density at radius 1 is 1.29 bits per heavy atom. The normalized spacial score (nSPS) is 13.1. The van der Waals surface area contributed by atoms with Crippen LogP contribution in [0.4, 0.5) is 13.2 Å². The lowest BCUT2D eigenvalue weighted by Crippen LogP contribution is -2.26. The van der Waals surface area contributed by atoms with Gasteiger partial charge in [-0.2, -0.15) is 0 Å². The second-order valence-corrected chi connectivity index (χ2v) is 4.57. The third kappa shape index (κ3) is 5.63. The molecule has 0 amide bonds. The predicted molar refractivity (Wildman–Crippen MR) is 70.8 cm³/mol. The number of alkyl halides is 3. The van der Waals surface area contributed by atoms with E-state index in [1.165, 1.54) is 18.2 Å². The molecule has 0 spiro atoms. The molecule has 0 aliphatic carbocycles. The van der Waals surface area contributed by atoms with Crippen molar-refractivity contribution in [1.82, 2.24) is 4.90 Å². The zero-order valence-electron chi connectivity index (χ0n) is 12.1. The third-order valence-electron chi connectivity index (χ3n) is 2.79. The lowest BCUT2D eigenvalue weighted by atomic mass is 10.0. The van der Waals surface area contributed by atoms with Gasteiger partial charge in [0.15, 0.2) is 0 Å². The van der Waals surface area contributed by atoms with Crippen LogP contribution in [0.5, 0.6) is 5.75 Å². The lowest BCUT2D eigenvalue weighted by molar-refractivity contribution is -0.275. The highest BCUT2D eigenvalue weighted by atomic mass is 19.4. The summed E-state index contributed by atoms with van der Waals surface area (Å²) >= 11 is 0. The molecule has 1 rings (SSSR count). The van der Waals surface area contributed by atoms with Gasteiger partial charge in [0.25, 0.3) is 0 Å². The van der Waals surface area contributed by atoms with Crippen LogP contribution in [0.25, 0.3) is 0 Å². The molecule has 7 heteroatoms. The molecule has 0 bridgehead atoms. The molecule has 1 aromatic rings. The van der Waals surface area contributed by atoms with E-state index in [2.05, 4.69) is 4.74 Å². The van der Waals surface area contributed by atoms with Crippen LogP contribution in [0.1, 0.15) is 24.9 Å². The molecule has 4 nitrogen and oxygen atoms in total. The summed E-state index contributed by atoms with van der Waals surface area (Å²) in [6.07, 6.45) is -4.84. The van der Waals surface area contributed by atoms with Gasteiger partial charge in [0, 0.05) is 11.6 Å². The molecule has 118 valence electrons. The van der Waals surface area contributed by atoms with E-state index in [4.69, 9.17) is 4.74 Å². The van der Waals surface area contributed by atoms with E-state index in [9.17, 15) is 18.0 Å². The average Bonchev–Trinajstić information content (AvgIpc) is 2.35. The van der Waals surface area contributed by atoms with Crippen molar-refractivity contribution in [2.75, 3.05) is 20.7 Å². The van der Waals surface area contributed by atoms with Crippen LogP contribution >= 0.6 is 0 Å². The zero-order valence-corrected chi connectivity index (χ0v) is 12.1. The number of rotatable bonds is 6. The number of hydrogen-bond donors (Lipinski definition) is 0. The van der Waals surface area contributed by atoms with E-state index in [0.717, 1.165) is 0 Å². The number of hydrogen-bond acceptors (Lipinski definition) is 4. The molecule has 0 saturated carbocycles. The van der Waals surface area contributed by atoms with E-state index < -0.39 is 18.4 Å². The maximum atomic E-state index is 12.4. The van der Waals surface area contributed by atoms with E-state index in [0.29, 0.717) is 0 Å². The van der Waals surface area contributed by atoms with Crippen LogP contribution in [-0.4, -0.2) is 37.9 Å². The van der Waals surface area contributed by atoms with Gasteiger partial charge in [-0.3, -0.25) is 4.79 Å².